The van der Waals surface area contributed by atoms with E-state index in [4.69, 9.17) is 4.74 Å². The molecule has 0 fully saturated rings. The summed E-state index contributed by atoms with van der Waals surface area (Å²) in [7, 11) is 0. The monoisotopic (exact) mass is 360 g/mol. The highest BCUT2D eigenvalue weighted by Crippen LogP contribution is 2.42. The van der Waals surface area contributed by atoms with Gasteiger partial charge in [0.1, 0.15) is 5.60 Å². The first-order valence-corrected chi connectivity index (χ1v) is 8.63. The minimum absolute atomic E-state index is 0.328. The average Bonchev–Trinajstić information content (AvgIpc) is 2.52. The lowest BCUT2D eigenvalue weighted by atomic mass is 9.86. The first-order chi connectivity index (χ1) is 11.3. The summed E-state index contributed by atoms with van der Waals surface area (Å²) >= 11 is 0. The second-order valence-electron chi connectivity index (χ2n) is 7.41. The second-order valence-corrected chi connectivity index (χ2v) is 7.41. The van der Waals surface area contributed by atoms with Crippen LogP contribution in [0.2, 0.25) is 0 Å². The fourth-order valence-corrected chi connectivity index (χ4v) is 1.87. The van der Waals surface area contributed by atoms with E-state index in [-0.39, 0.29) is 6.42 Å². The molecule has 2 nitrogen and oxygen atoms in total. The standard InChI is InChI=1S/C10H17F3O2.C10H14/c1-6-9(5,10(11,12)13)7(14)15-8(2,3)4;1-3-9(2)10-7-5-4-6-8-10/h6H2,1-5H3;4-9H,3H2,1-2H3. The molecule has 0 N–H and O–H groups in total. The highest BCUT2D eigenvalue weighted by molar-refractivity contribution is 5.77. The average molecular weight is 360 g/mol. The smallest absolute Gasteiger partial charge is 0.404 e. The molecule has 1 aromatic carbocycles. The molecular weight excluding hydrogens is 329 g/mol. The summed E-state index contributed by atoms with van der Waals surface area (Å²) in [6.07, 6.45) is -3.68. The van der Waals surface area contributed by atoms with Crippen LogP contribution in [0.3, 0.4) is 0 Å². The third kappa shape index (κ3) is 7.49. The Balaban J connectivity index is 0.000000496. The molecule has 0 amide bonds. The Morgan fingerprint density at radius 2 is 1.52 bits per heavy atom. The molecule has 0 radical (unpaired) electrons. The number of hydrogen-bond acceptors (Lipinski definition) is 2. The summed E-state index contributed by atoms with van der Waals surface area (Å²) in [6, 6.07) is 10.6. The van der Waals surface area contributed by atoms with Gasteiger partial charge in [0.2, 0.25) is 0 Å². The quantitative estimate of drug-likeness (QED) is 0.572. The minimum Gasteiger partial charge on any atom is -0.459 e. The number of rotatable bonds is 4. The van der Waals surface area contributed by atoms with Crippen molar-refractivity contribution in [3.63, 3.8) is 0 Å². The molecule has 5 heteroatoms. The van der Waals surface area contributed by atoms with Crippen molar-refractivity contribution >= 4 is 5.97 Å². The number of carbonyl (C=O) groups is 1. The predicted octanol–water partition coefficient (Wildman–Crippen LogP) is 6.51. The van der Waals surface area contributed by atoms with Crippen molar-refractivity contribution < 1.29 is 22.7 Å². The van der Waals surface area contributed by atoms with Crippen LogP contribution >= 0.6 is 0 Å². The third-order valence-electron chi connectivity index (χ3n) is 4.16. The molecule has 25 heavy (non-hydrogen) atoms. The van der Waals surface area contributed by atoms with Crippen LogP contribution in [-0.2, 0) is 9.53 Å². The zero-order valence-corrected chi connectivity index (χ0v) is 16.3. The van der Waals surface area contributed by atoms with Crippen molar-refractivity contribution in [3.8, 4) is 0 Å². The van der Waals surface area contributed by atoms with Crippen LogP contribution in [0.4, 0.5) is 13.2 Å². The van der Waals surface area contributed by atoms with Gasteiger partial charge in [-0.15, -0.1) is 0 Å². The molecule has 0 aliphatic rings. The molecule has 1 aromatic rings. The largest absolute Gasteiger partial charge is 0.459 e. The van der Waals surface area contributed by atoms with E-state index in [2.05, 4.69) is 44.2 Å². The topological polar surface area (TPSA) is 26.3 Å². The summed E-state index contributed by atoms with van der Waals surface area (Å²) in [6.45, 7) is 11.3. The Labute approximate surface area is 149 Å². The first kappa shape index (κ1) is 23.5. The van der Waals surface area contributed by atoms with Crippen molar-refractivity contribution in [2.45, 2.75) is 79.0 Å². The van der Waals surface area contributed by atoms with Gasteiger partial charge >= 0.3 is 12.1 Å². The van der Waals surface area contributed by atoms with E-state index in [1.54, 1.807) is 0 Å². The van der Waals surface area contributed by atoms with E-state index in [0.29, 0.717) is 5.92 Å². The molecule has 2 atom stereocenters. The van der Waals surface area contributed by atoms with Gasteiger partial charge in [0.25, 0.3) is 0 Å². The number of esters is 1. The lowest BCUT2D eigenvalue weighted by Gasteiger charge is -2.32. The van der Waals surface area contributed by atoms with E-state index in [1.807, 2.05) is 0 Å². The maximum absolute atomic E-state index is 12.6. The molecule has 0 saturated carbocycles. The number of benzene rings is 1. The maximum atomic E-state index is 12.6. The Hall–Kier alpha value is -1.52. The van der Waals surface area contributed by atoms with Gasteiger partial charge in [-0.2, -0.15) is 13.2 Å². The normalized spacial score (nSPS) is 15.4. The summed E-state index contributed by atoms with van der Waals surface area (Å²) in [5.41, 5.74) is -1.87. The van der Waals surface area contributed by atoms with Crippen LogP contribution in [0.15, 0.2) is 30.3 Å². The number of carbonyl (C=O) groups excluding carboxylic acids is 1. The summed E-state index contributed by atoms with van der Waals surface area (Å²) < 4.78 is 42.6. The van der Waals surface area contributed by atoms with Gasteiger partial charge in [0, 0.05) is 0 Å². The number of hydrogen-bond donors (Lipinski definition) is 0. The molecule has 0 saturated heterocycles. The predicted molar refractivity (Wildman–Crippen MR) is 95.4 cm³/mol. The van der Waals surface area contributed by atoms with Gasteiger partial charge in [0.05, 0.1) is 0 Å². The van der Waals surface area contributed by atoms with E-state index in [9.17, 15) is 18.0 Å². The zero-order chi connectivity index (χ0) is 19.9. The van der Waals surface area contributed by atoms with Gasteiger partial charge in [-0.1, -0.05) is 51.1 Å². The van der Waals surface area contributed by atoms with Crippen molar-refractivity contribution in [1.29, 1.82) is 0 Å². The van der Waals surface area contributed by atoms with Gasteiger partial charge in [0.15, 0.2) is 5.41 Å². The van der Waals surface area contributed by atoms with Gasteiger partial charge in [-0.25, -0.2) is 0 Å². The Kier molecular flexibility index (Phi) is 8.69. The fourth-order valence-electron chi connectivity index (χ4n) is 1.87. The molecule has 0 bridgehead atoms. The molecule has 1 rings (SSSR count). The van der Waals surface area contributed by atoms with E-state index < -0.39 is 23.2 Å². The van der Waals surface area contributed by atoms with Crippen LogP contribution in [0.5, 0.6) is 0 Å². The van der Waals surface area contributed by atoms with Crippen molar-refractivity contribution in [3.05, 3.63) is 35.9 Å². The molecule has 144 valence electrons. The number of alkyl halides is 3. The van der Waals surface area contributed by atoms with Crippen LogP contribution in [0, 0.1) is 5.41 Å². The van der Waals surface area contributed by atoms with E-state index >= 15 is 0 Å². The summed E-state index contributed by atoms with van der Waals surface area (Å²) in [5.74, 6) is -0.508. The number of ether oxygens (including phenoxy) is 1. The Morgan fingerprint density at radius 3 is 1.84 bits per heavy atom. The van der Waals surface area contributed by atoms with Crippen molar-refractivity contribution in [1.82, 2.24) is 0 Å². The van der Waals surface area contributed by atoms with Gasteiger partial charge in [-0.05, 0) is 52.0 Å². The first-order valence-electron chi connectivity index (χ1n) is 8.63. The molecule has 0 aliphatic heterocycles. The lowest BCUT2D eigenvalue weighted by molar-refractivity contribution is -0.236. The van der Waals surface area contributed by atoms with E-state index in [1.165, 1.54) is 39.7 Å². The van der Waals surface area contributed by atoms with Crippen LogP contribution < -0.4 is 0 Å². The van der Waals surface area contributed by atoms with Crippen LogP contribution in [0.1, 0.15) is 72.8 Å². The fraction of sp³-hybridized carbons (Fsp3) is 0.650. The molecule has 0 heterocycles. The highest BCUT2D eigenvalue weighted by atomic mass is 19.4. The van der Waals surface area contributed by atoms with Crippen LogP contribution in [-0.4, -0.2) is 17.7 Å². The zero-order valence-electron chi connectivity index (χ0n) is 16.3. The SMILES string of the molecule is CCC(C)(C(=O)OC(C)(C)C)C(F)(F)F.CCC(C)c1ccccc1. The van der Waals surface area contributed by atoms with Gasteiger partial charge in [-0.3, -0.25) is 4.79 Å². The second kappa shape index (κ2) is 9.25. The Bertz CT molecular complexity index is 518. The van der Waals surface area contributed by atoms with Crippen molar-refractivity contribution in [2.75, 3.05) is 0 Å². The molecule has 0 aromatic heterocycles. The van der Waals surface area contributed by atoms with E-state index in [0.717, 1.165) is 6.92 Å². The molecule has 2 unspecified atom stereocenters. The summed E-state index contributed by atoms with van der Waals surface area (Å²) in [5, 5.41) is 0. The lowest BCUT2D eigenvalue weighted by Crippen LogP contribution is -2.45. The molecule has 0 spiro atoms. The maximum Gasteiger partial charge on any atom is 0.404 e. The van der Waals surface area contributed by atoms with Crippen LogP contribution in [0.25, 0.3) is 0 Å². The number of halogens is 3. The summed E-state index contributed by atoms with van der Waals surface area (Å²) in [4.78, 5) is 11.4. The third-order valence-corrected chi connectivity index (χ3v) is 4.16. The van der Waals surface area contributed by atoms with Crippen molar-refractivity contribution in [2.24, 2.45) is 5.41 Å². The molecule has 0 aliphatic carbocycles. The Morgan fingerprint density at radius 1 is 1.04 bits per heavy atom. The van der Waals surface area contributed by atoms with Gasteiger partial charge < -0.3 is 4.74 Å². The highest BCUT2D eigenvalue weighted by Gasteiger charge is 2.57. The molecular formula is C20H31F3O2. The minimum atomic E-state index is -4.58.